The molecular weight excluding hydrogens is 342 g/mol. The average molecular weight is 372 g/mol. The van der Waals surface area contributed by atoms with Crippen molar-refractivity contribution in [2.75, 3.05) is 7.11 Å². The summed E-state index contributed by atoms with van der Waals surface area (Å²) in [5, 5.41) is 0. The van der Waals surface area contributed by atoms with Crippen molar-refractivity contribution in [3.8, 4) is 16.9 Å². The summed E-state index contributed by atoms with van der Waals surface area (Å²) in [5.41, 5.74) is 2.64. The van der Waals surface area contributed by atoms with Crippen molar-refractivity contribution < 1.29 is 13.5 Å². The van der Waals surface area contributed by atoms with Gasteiger partial charge in [0.15, 0.2) is 17.4 Å². The largest absolute Gasteiger partial charge is 0.491 e. The van der Waals surface area contributed by atoms with Crippen LogP contribution in [0, 0.1) is 29.4 Å². The van der Waals surface area contributed by atoms with E-state index in [-0.39, 0.29) is 5.75 Å². The number of hydrogen-bond acceptors (Lipinski definition) is 1. The molecule has 0 saturated heterocycles. The van der Waals surface area contributed by atoms with E-state index in [4.69, 9.17) is 4.74 Å². The number of benzene rings is 2. The van der Waals surface area contributed by atoms with Crippen molar-refractivity contribution in [3.63, 3.8) is 0 Å². The topological polar surface area (TPSA) is 9.23 Å². The van der Waals surface area contributed by atoms with E-state index < -0.39 is 11.6 Å². The third kappa shape index (κ3) is 4.69. The molecule has 0 heterocycles. The molecule has 1 fully saturated rings. The average Bonchev–Trinajstić information content (AvgIpc) is 2.68. The molecule has 0 amide bonds. The Morgan fingerprint density at radius 2 is 1.56 bits per heavy atom. The SMILES string of the molecule is CCC1CCC(C(C)Cc2ccc(-c3cc(F)c(OC)c(F)c3)cc2)CC1. The molecule has 3 heteroatoms. The van der Waals surface area contributed by atoms with Crippen LogP contribution in [0.1, 0.15) is 51.5 Å². The van der Waals surface area contributed by atoms with Crippen LogP contribution < -0.4 is 4.74 Å². The lowest BCUT2D eigenvalue weighted by molar-refractivity contribution is 0.210. The molecule has 146 valence electrons. The molecule has 2 aromatic rings. The van der Waals surface area contributed by atoms with E-state index in [2.05, 4.69) is 26.0 Å². The van der Waals surface area contributed by atoms with E-state index in [1.165, 1.54) is 56.9 Å². The van der Waals surface area contributed by atoms with Crippen LogP contribution in [0.15, 0.2) is 36.4 Å². The lowest BCUT2D eigenvalue weighted by Gasteiger charge is -2.32. The van der Waals surface area contributed by atoms with Crippen LogP contribution in [-0.4, -0.2) is 7.11 Å². The van der Waals surface area contributed by atoms with E-state index in [1.54, 1.807) is 0 Å². The second-order valence-electron chi connectivity index (χ2n) is 8.04. The first-order chi connectivity index (χ1) is 13.0. The van der Waals surface area contributed by atoms with Crippen molar-refractivity contribution in [1.82, 2.24) is 0 Å². The van der Waals surface area contributed by atoms with Gasteiger partial charge >= 0.3 is 0 Å². The quantitative estimate of drug-likeness (QED) is 0.528. The highest BCUT2D eigenvalue weighted by Crippen LogP contribution is 2.36. The van der Waals surface area contributed by atoms with Crippen LogP contribution >= 0.6 is 0 Å². The number of rotatable bonds is 6. The molecule has 0 N–H and O–H groups in total. The van der Waals surface area contributed by atoms with Gasteiger partial charge in [-0.2, -0.15) is 0 Å². The first kappa shape index (κ1) is 19.9. The fraction of sp³-hybridized carbons (Fsp3) is 0.500. The summed E-state index contributed by atoms with van der Waals surface area (Å²) in [6.45, 7) is 4.66. The molecule has 0 aliphatic heterocycles. The molecule has 0 spiro atoms. The summed E-state index contributed by atoms with van der Waals surface area (Å²) in [4.78, 5) is 0. The highest BCUT2D eigenvalue weighted by molar-refractivity contribution is 5.65. The van der Waals surface area contributed by atoms with Crippen LogP contribution in [0.4, 0.5) is 8.78 Å². The van der Waals surface area contributed by atoms with Crippen LogP contribution in [0.2, 0.25) is 0 Å². The van der Waals surface area contributed by atoms with Gasteiger partial charge in [-0.3, -0.25) is 0 Å². The van der Waals surface area contributed by atoms with Crippen LogP contribution in [0.5, 0.6) is 5.75 Å². The lowest BCUT2D eigenvalue weighted by Crippen LogP contribution is -2.21. The van der Waals surface area contributed by atoms with Gasteiger partial charge in [-0.1, -0.05) is 57.4 Å². The molecule has 3 rings (SSSR count). The number of hydrogen-bond donors (Lipinski definition) is 0. The zero-order chi connectivity index (χ0) is 19.4. The molecule has 1 aliphatic rings. The Morgan fingerprint density at radius 3 is 2.07 bits per heavy atom. The fourth-order valence-electron chi connectivity index (χ4n) is 4.46. The minimum atomic E-state index is -0.673. The van der Waals surface area contributed by atoms with Gasteiger partial charge in [0.2, 0.25) is 0 Å². The van der Waals surface area contributed by atoms with Gasteiger partial charge in [0.05, 0.1) is 7.11 Å². The Hall–Kier alpha value is -1.90. The lowest BCUT2D eigenvalue weighted by atomic mass is 9.74. The summed E-state index contributed by atoms with van der Waals surface area (Å²) in [5.74, 6) is 0.738. The Balaban J connectivity index is 1.65. The van der Waals surface area contributed by atoms with Crippen molar-refractivity contribution >= 4 is 0 Å². The minimum Gasteiger partial charge on any atom is -0.491 e. The van der Waals surface area contributed by atoms with Crippen molar-refractivity contribution in [3.05, 3.63) is 53.6 Å². The molecule has 2 aromatic carbocycles. The maximum absolute atomic E-state index is 13.9. The summed E-state index contributed by atoms with van der Waals surface area (Å²) in [6, 6.07) is 10.7. The van der Waals surface area contributed by atoms with E-state index in [1.807, 2.05) is 12.1 Å². The van der Waals surface area contributed by atoms with Gasteiger partial charge in [0.25, 0.3) is 0 Å². The molecule has 0 radical (unpaired) electrons. The van der Waals surface area contributed by atoms with E-state index >= 15 is 0 Å². The maximum atomic E-state index is 13.9. The van der Waals surface area contributed by atoms with Crippen molar-refractivity contribution in [1.29, 1.82) is 0 Å². The third-order valence-corrected chi connectivity index (χ3v) is 6.32. The molecule has 1 nitrogen and oxygen atoms in total. The summed E-state index contributed by atoms with van der Waals surface area (Å²) >= 11 is 0. The number of methoxy groups -OCH3 is 1. The Kier molecular flexibility index (Phi) is 6.51. The highest BCUT2D eigenvalue weighted by atomic mass is 19.1. The molecular formula is C24H30F2O. The third-order valence-electron chi connectivity index (χ3n) is 6.32. The van der Waals surface area contributed by atoms with Gasteiger partial charge in [0, 0.05) is 0 Å². The van der Waals surface area contributed by atoms with E-state index in [9.17, 15) is 8.78 Å². The van der Waals surface area contributed by atoms with E-state index in [0.717, 1.165) is 23.8 Å². The highest BCUT2D eigenvalue weighted by Gasteiger charge is 2.24. The van der Waals surface area contributed by atoms with Gasteiger partial charge in [-0.05, 0) is 65.8 Å². The maximum Gasteiger partial charge on any atom is 0.190 e. The molecule has 1 unspecified atom stereocenters. The van der Waals surface area contributed by atoms with Crippen LogP contribution in [0.3, 0.4) is 0 Å². The molecule has 1 aliphatic carbocycles. The smallest absolute Gasteiger partial charge is 0.190 e. The van der Waals surface area contributed by atoms with Crippen molar-refractivity contribution in [2.45, 2.75) is 52.4 Å². The predicted octanol–water partition coefficient (Wildman–Crippen LogP) is 7.04. The summed E-state index contributed by atoms with van der Waals surface area (Å²) in [6.07, 6.45) is 7.82. The van der Waals surface area contributed by atoms with Gasteiger partial charge in [0.1, 0.15) is 0 Å². The Morgan fingerprint density at radius 1 is 0.963 bits per heavy atom. The zero-order valence-electron chi connectivity index (χ0n) is 16.6. The Bertz CT molecular complexity index is 722. The van der Waals surface area contributed by atoms with Crippen molar-refractivity contribution in [2.24, 2.45) is 17.8 Å². The standard InChI is InChI=1S/C24H30F2O/c1-4-17-5-9-19(10-6-17)16(2)13-18-7-11-20(12-8-18)21-14-22(25)24(27-3)23(26)15-21/h7-8,11-12,14-17,19H,4-6,9-10,13H2,1-3H3. The first-order valence-corrected chi connectivity index (χ1v) is 10.1. The predicted molar refractivity (Wildman–Crippen MR) is 107 cm³/mol. The van der Waals surface area contributed by atoms with E-state index in [0.29, 0.717) is 11.5 Å². The first-order valence-electron chi connectivity index (χ1n) is 10.1. The van der Waals surface area contributed by atoms with Gasteiger partial charge in [-0.15, -0.1) is 0 Å². The molecule has 1 saturated carbocycles. The number of ether oxygens (including phenoxy) is 1. The Labute approximate surface area is 161 Å². The van der Waals surface area contributed by atoms with Gasteiger partial charge < -0.3 is 4.74 Å². The summed E-state index contributed by atoms with van der Waals surface area (Å²) < 4.78 is 32.6. The molecule has 0 aromatic heterocycles. The second-order valence-corrected chi connectivity index (χ2v) is 8.04. The normalized spacial score (nSPS) is 21.1. The second kappa shape index (κ2) is 8.86. The molecule has 0 bridgehead atoms. The molecule has 27 heavy (non-hydrogen) atoms. The fourth-order valence-corrected chi connectivity index (χ4v) is 4.46. The van der Waals surface area contributed by atoms with Crippen LogP contribution in [-0.2, 0) is 6.42 Å². The summed E-state index contributed by atoms with van der Waals surface area (Å²) in [7, 11) is 1.27. The van der Waals surface area contributed by atoms with Gasteiger partial charge in [-0.25, -0.2) is 8.78 Å². The minimum absolute atomic E-state index is 0.331. The number of halogens is 2. The molecule has 1 atom stereocenters. The monoisotopic (exact) mass is 372 g/mol. The zero-order valence-corrected chi connectivity index (χ0v) is 16.6. The van der Waals surface area contributed by atoms with Crippen LogP contribution in [0.25, 0.3) is 11.1 Å².